The first-order valence-corrected chi connectivity index (χ1v) is 9.49. The number of rotatable bonds is 9. The van der Waals surface area contributed by atoms with Crippen molar-refractivity contribution < 1.29 is 9.47 Å². The SMILES string of the molecule is CCCCCc1ccc([C@H]2OC[C@](C)(CCCCC)CO2)cc1. The molecule has 1 aliphatic heterocycles. The number of unbranched alkanes of at least 4 members (excludes halogenated alkanes) is 4. The average Bonchev–Trinajstić information content (AvgIpc) is 2.57. The van der Waals surface area contributed by atoms with Gasteiger partial charge in [-0.2, -0.15) is 0 Å². The Morgan fingerprint density at radius 3 is 2.13 bits per heavy atom. The fourth-order valence-electron chi connectivity index (χ4n) is 3.20. The summed E-state index contributed by atoms with van der Waals surface area (Å²) in [6, 6.07) is 8.80. The maximum atomic E-state index is 6.03. The van der Waals surface area contributed by atoms with Crippen LogP contribution in [-0.4, -0.2) is 13.2 Å². The summed E-state index contributed by atoms with van der Waals surface area (Å²) in [4.78, 5) is 0. The summed E-state index contributed by atoms with van der Waals surface area (Å²) < 4.78 is 12.1. The lowest BCUT2D eigenvalue weighted by molar-refractivity contribution is -0.231. The molecule has 0 atom stereocenters. The molecule has 0 unspecified atom stereocenters. The third-order valence-electron chi connectivity index (χ3n) is 4.87. The molecule has 1 heterocycles. The predicted octanol–water partition coefficient (Wildman–Crippen LogP) is 6.05. The standard InChI is InChI=1S/C21H34O2/c1-4-6-8-10-18-11-13-19(14-12-18)20-22-16-21(3,17-23-20)15-9-7-5-2/h11-14,20H,4-10,15-17H2,1-3H3/t20-,21-. The van der Waals surface area contributed by atoms with Crippen LogP contribution < -0.4 is 0 Å². The molecular weight excluding hydrogens is 284 g/mol. The number of aryl methyl sites for hydroxylation is 1. The molecule has 1 aromatic carbocycles. The van der Waals surface area contributed by atoms with E-state index in [-0.39, 0.29) is 11.7 Å². The number of ether oxygens (including phenoxy) is 2. The Morgan fingerprint density at radius 1 is 0.913 bits per heavy atom. The van der Waals surface area contributed by atoms with E-state index in [2.05, 4.69) is 45.0 Å². The Labute approximate surface area is 142 Å². The second-order valence-electron chi connectivity index (χ2n) is 7.42. The van der Waals surface area contributed by atoms with Crippen molar-refractivity contribution in [2.75, 3.05) is 13.2 Å². The van der Waals surface area contributed by atoms with Crippen molar-refractivity contribution in [2.24, 2.45) is 5.41 Å². The molecule has 2 heteroatoms. The summed E-state index contributed by atoms with van der Waals surface area (Å²) >= 11 is 0. The van der Waals surface area contributed by atoms with E-state index in [1.54, 1.807) is 0 Å². The lowest BCUT2D eigenvalue weighted by Crippen LogP contribution is -2.36. The molecule has 0 radical (unpaired) electrons. The minimum absolute atomic E-state index is 0.182. The molecule has 1 saturated heterocycles. The fraction of sp³-hybridized carbons (Fsp3) is 0.714. The first-order chi connectivity index (χ1) is 11.2. The molecule has 0 spiro atoms. The first kappa shape index (κ1) is 18.5. The van der Waals surface area contributed by atoms with Gasteiger partial charge in [0.1, 0.15) is 0 Å². The van der Waals surface area contributed by atoms with Gasteiger partial charge in [-0.3, -0.25) is 0 Å². The van der Waals surface area contributed by atoms with Gasteiger partial charge < -0.3 is 9.47 Å². The highest BCUT2D eigenvalue weighted by atomic mass is 16.7. The van der Waals surface area contributed by atoms with Gasteiger partial charge in [0, 0.05) is 11.0 Å². The van der Waals surface area contributed by atoms with E-state index >= 15 is 0 Å². The van der Waals surface area contributed by atoms with Gasteiger partial charge in [0.05, 0.1) is 13.2 Å². The van der Waals surface area contributed by atoms with Gasteiger partial charge in [0.2, 0.25) is 0 Å². The highest BCUT2D eigenvalue weighted by molar-refractivity contribution is 5.23. The summed E-state index contributed by atoms with van der Waals surface area (Å²) in [6.45, 7) is 8.39. The van der Waals surface area contributed by atoms with Crippen LogP contribution in [0, 0.1) is 5.41 Å². The topological polar surface area (TPSA) is 18.5 Å². The third kappa shape index (κ3) is 5.93. The molecular formula is C21H34O2. The van der Waals surface area contributed by atoms with Crippen LogP contribution in [0.15, 0.2) is 24.3 Å². The molecule has 1 fully saturated rings. The highest BCUT2D eigenvalue weighted by Crippen LogP contribution is 2.35. The van der Waals surface area contributed by atoms with Crippen molar-refractivity contribution in [3.8, 4) is 0 Å². The molecule has 0 aliphatic carbocycles. The van der Waals surface area contributed by atoms with Crippen molar-refractivity contribution in [3.05, 3.63) is 35.4 Å². The maximum Gasteiger partial charge on any atom is 0.183 e. The van der Waals surface area contributed by atoms with Crippen LogP contribution in [0.2, 0.25) is 0 Å². The van der Waals surface area contributed by atoms with Crippen molar-refractivity contribution in [3.63, 3.8) is 0 Å². The summed E-state index contributed by atoms with van der Waals surface area (Å²) in [5, 5.41) is 0. The molecule has 0 saturated carbocycles. The molecule has 2 nitrogen and oxygen atoms in total. The van der Waals surface area contributed by atoms with Crippen LogP contribution in [0.4, 0.5) is 0 Å². The van der Waals surface area contributed by atoms with Gasteiger partial charge in [-0.1, -0.05) is 77.1 Å². The Bertz CT molecular complexity index is 430. The average molecular weight is 319 g/mol. The summed E-state index contributed by atoms with van der Waals surface area (Å²) in [6.07, 6.45) is 9.91. The Kier molecular flexibility index (Phi) is 7.58. The van der Waals surface area contributed by atoms with Crippen molar-refractivity contribution in [2.45, 2.75) is 78.4 Å². The summed E-state index contributed by atoms with van der Waals surface area (Å²) in [5.41, 5.74) is 2.76. The molecule has 23 heavy (non-hydrogen) atoms. The maximum absolute atomic E-state index is 6.03. The van der Waals surface area contributed by atoms with Gasteiger partial charge >= 0.3 is 0 Å². The lowest BCUT2D eigenvalue weighted by Gasteiger charge is -2.37. The van der Waals surface area contributed by atoms with Gasteiger partial charge in [-0.05, 0) is 24.8 Å². The summed E-state index contributed by atoms with van der Waals surface area (Å²) in [7, 11) is 0. The predicted molar refractivity (Wildman–Crippen MR) is 96.6 cm³/mol. The fourth-order valence-corrected chi connectivity index (χ4v) is 3.20. The van der Waals surface area contributed by atoms with Crippen LogP contribution in [0.1, 0.15) is 83.1 Å². The van der Waals surface area contributed by atoms with E-state index in [1.165, 1.54) is 56.9 Å². The Morgan fingerprint density at radius 2 is 1.52 bits per heavy atom. The molecule has 0 amide bonds. The van der Waals surface area contributed by atoms with Gasteiger partial charge in [-0.25, -0.2) is 0 Å². The molecule has 0 N–H and O–H groups in total. The van der Waals surface area contributed by atoms with Gasteiger partial charge in [0.15, 0.2) is 6.29 Å². The molecule has 1 aromatic rings. The van der Waals surface area contributed by atoms with Crippen molar-refractivity contribution >= 4 is 0 Å². The van der Waals surface area contributed by atoms with E-state index in [0.29, 0.717) is 0 Å². The molecule has 130 valence electrons. The zero-order valence-electron chi connectivity index (χ0n) is 15.3. The number of hydrogen-bond acceptors (Lipinski definition) is 2. The molecule has 0 bridgehead atoms. The van der Waals surface area contributed by atoms with E-state index in [1.807, 2.05) is 0 Å². The van der Waals surface area contributed by atoms with E-state index in [9.17, 15) is 0 Å². The minimum atomic E-state index is -0.182. The van der Waals surface area contributed by atoms with Crippen molar-refractivity contribution in [1.82, 2.24) is 0 Å². The first-order valence-electron chi connectivity index (χ1n) is 9.49. The Hall–Kier alpha value is -0.860. The summed E-state index contributed by atoms with van der Waals surface area (Å²) in [5.74, 6) is 0. The van der Waals surface area contributed by atoms with Gasteiger partial charge in [0.25, 0.3) is 0 Å². The lowest BCUT2D eigenvalue weighted by atomic mass is 9.85. The smallest absolute Gasteiger partial charge is 0.183 e. The molecule has 2 rings (SSSR count). The zero-order valence-corrected chi connectivity index (χ0v) is 15.3. The Balaban J connectivity index is 1.80. The van der Waals surface area contributed by atoms with Gasteiger partial charge in [-0.15, -0.1) is 0 Å². The monoisotopic (exact) mass is 318 g/mol. The van der Waals surface area contributed by atoms with Crippen LogP contribution in [0.3, 0.4) is 0 Å². The number of benzene rings is 1. The minimum Gasteiger partial charge on any atom is -0.348 e. The molecule has 1 aliphatic rings. The van der Waals surface area contributed by atoms with E-state index in [4.69, 9.17) is 9.47 Å². The largest absolute Gasteiger partial charge is 0.348 e. The second kappa shape index (κ2) is 9.44. The zero-order chi connectivity index (χ0) is 16.5. The van der Waals surface area contributed by atoms with Crippen molar-refractivity contribution in [1.29, 1.82) is 0 Å². The van der Waals surface area contributed by atoms with Crippen LogP contribution in [0.25, 0.3) is 0 Å². The van der Waals surface area contributed by atoms with Crippen LogP contribution >= 0.6 is 0 Å². The van der Waals surface area contributed by atoms with E-state index in [0.717, 1.165) is 18.8 Å². The van der Waals surface area contributed by atoms with Crippen LogP contribution in [-0.2, 0) is 15.9 Å². The quantitative estimate of drug-likeness (QED) is 0.516. The van der Waals surface area contributed by atoms with E-state index < -0.39 is 0 Å². The second-order valence-corrected chi connectivity index (χ2v) is 7.42. The third-order valence-corrected chi connectivity index (χ3v) is 4.87. The van der Waals surface area contributed by atoms with Crippen LogP contribution in [0.5, 0.6) is 0 Å². The molecule has 0 aromatic heterocycles. The number of hydrogen-bond donors (Lipinski definition) is 0. The highest BCUT2D eigenvalue weighted by Gasteiger charge is 2.32. The normalized spacial score (nSPS) is 24.7.